The number of likely N-dealkylation sites (N-methyl/N-ethyl adjacent to an activating group) is 1. The van der Waals surface area contributed by atoms with Gasteiger partial charge in [-0.3, -0.25) is 9.79 Å². The number of benzene rings is 1. The van der Waals surface area contributed by atoms with E-state index in [0.717, 1.165) is 5.17 Å². The van der Waals surface area contributed by atoms with Gasteiger partial charge in [-0.1, -0.05) is 11.6 Å². The Morgan fingerprint density at radius 1 is 1.46 bits per heavy atom. The van der Waals surface area contributed by atoms with Gasteiger partial charge in [0, 0.05) is 24.2 Å². The smallest absolute Gasteiger partial charge is 0.347 e. The molecule has 1 amide bonds. The number of aliphatic imine (C=N–C) groups is 1. The molecule has 0 fully saturated rings. The first kappa shape index (κ1) is 17.2. The first-order valence-corrected chi connectivity index (χ1v) is 9.35. The minimum atomic E-state index is -0.404. The Bertz CT molecular complexity index is 883. The number of hydrogen-bond acceptors (Lipinski definition) is 7. The highest BCUT2D eigenvalue weighted by molar-refractivity contribution is 8.18. The molecule has 7 nitrogen and oxygen atoms in total. The Hall–Kier alpha value is -2.19. The monoisotopic (exact) mass is 393 g/mol. The summed E-state index contributed by atoms with van der Waals surface area (Å²) in [6, 6.07) is 3.43. The van der Waals surface area contributed by atoms with Crippen molar-refractivity contribution >= 4 is 51.8 Å². The molecule has 0 N–H and O–H groups in total. The van der Waals surface area contributed by atoms with Gasteiger partial charge in [0.1, 0.15) is 4.91 Å². The third kappa shape index (κ3) is 2.64. The van der Waals surface area contributed by atoms with E-state index in [0.29, 0.717) is 45.7 Å². The van der Waals surface area contributed by atoms with E-state index in [1.807, 2.05) is 4.90 Å². The van der Waals surface area contributed by atoms with Gasteiger partial charge < -0.3 is 19.3 Å². The second-order valence-electron chi connectivity index (χ2n) is 5.86. The lowest BCUT2D eigenvalue weighted by Crippen LogP contribution is -2.36. The summed E-state index contributed by atoms with van der Waals surface area (Å²) >= 11 is 7.61. The van der Waals surface area contributed by atoms with E-state index in [2.05, 4.69) is 4.99 Å². The highest BCUT2D eigenvalue weighted by atomic mass is 35.5. The summed E-state index contributed by atoms with van der Waals surface area (Å²) in [4.78, 5) is 32.9. The van der Waals surface area contributed by atoms with Gasteiger partial charge in [0.2, 0.25) is 0 Å². The molecule has 0 aliphatic carbocycles. The van der Waals surface area contributed by atoms with Gasteiger partial charge in [-0.2, -0.15) is 0 Å². The molecule has 0 saturated heterocycles. The summed E-state index contributed by atoms with van der Waals surface area (Å²) in [7, 11) is 1.68. The number of esters is 1. The van der Waals surface area contributed by atoms with Crippen molar-refractivity contribution in [2.45, 2.75) is 6.92 Å². The summed E-state index contributed by atoms with van der Waals surface area (Å²) in [5.74, 6) is -0.0323. The molecule has 0 bridgehead atoms. The number of nitrogens with zero attached hydrogens (tertiary/aromatic N) is 3. The van der Waals surface area contributed by atoms with Crippen molar-refractivity contribution in [3.63, 3.8) is 0 Å². The number of thioether (sulfide) groups is 1. The third-order valence-electron chi connectivity index (χ3n) is 4.31. The highest BCUT2D eigenvalue weighted by Gasteiger charge is 2.39. The van der Waals surface area contributed by atoms with Crippen molar-refractivity contribution in [1.82, 2.24) is 4.90 Å². The number of rotatable bonds is 3. The van der Waals surface area contributed by atoms with Gasteiger partial charge in [0.05, 0.1) is 24.5 Å². The Balaban J connectivity index is 1.91. The van der Waals surface area contributed by atoms with E-state index in [9.17, 15) is 9.59 Å². The molecular weight excluding hydrogens is 378 g/mol. The molecule has 9 heteroatoms. The first-order valence-electron chi connectivity index (χ1n) is 8.15. The molecule has 0 spiro atoms. The topological polar surface area (TPSA) is 71.4 Å². The van der Waals surface area contributed by atoms with Crippen LogP contribution in [0.1, 0.15) is 12.5 Å². The number of carbonyl (C=O) groups excluding carboxylic acids is 2. The van der Waals surface area contributed by atoms with Crippen LogP contribution in [0.3, 0.4) is 0 Å². The van der Waals surface area contributed by atoms with Crippen molar-refractivity contribution < 1.29 is 19.1 Å². The SMILES string of the molecule is CCOC(=O)C1=C(c2cc(Cl)cc3c2OCC(=O)N3C)N2CCN=C2S1. The molecule has 1 aromatic carbocycles. The molecule has 0 atom stereocenters. The highest BCUT2D eigenvalue weighted by Crippen LogP contribution is 2.48. The molecule has 3 aliphatic rings. The standard InChI is InChI=1S/C17H16ClN3O4S/c1-3-24-16(23)15-13(21-5-4-19-17(21)26-15)10-6-9(18)7-11-14(10)25-8-12(22)20(11)2/h6-7H,3-5,8H2,1-2H3. The number of amides is 1. The summed E-state index contributed by atoms with van der Waals surface area (Å²) < 4.78 is 10.9. The van der Waals surface area contributed by atoms with Crippen LogP contribution in [-0.4, -0.2) is 55.3 Å². The number of hydrogen-bond donors (Lipinski definition) is 0. The molecule has 136 valence electrons. The third-order valence-corrected chi connectivity index (χ3v) is 5.62. The van der Waals surface area contributed by atoms with Crippen LogP contribution in [0.15, 0.2) is 22.0 Å². The minimum Gasteiger partial charge on any atom is -0.481 e. The largest absolute Gasteiger partial charge is 0.481 e. The van der Waals surface area contributed by atoms with Crippen LogP contribution in [0.25, 0.3) is 5.70 Å². The fourth-order valence-corrected chi connectivity index (χ4v) is 4.41. The van der Waals surface area contributed by atoms with Crippen LogP contribution in [0.4, 0.5) is 5.69 Å². The van der Waals surface area contributed by atoms with Crippen LogP contribution in [0.5, 0.6) is 5.75 Å². The van der Waals surface area contributed by atoms with Crippen molar-refractivity contribution in [2.75, 3.05) is 38.3 Å². The van der Waals surface area contributed by atoms with Gasteiger partial charge in [-0.15, -0.1) is 0 Å². The predicted octanol–water partition coefficient (Wildman–Crippen LogP) is 2.35. The number of halogens is 1. The zero-order valence-corrected chi connectivity index (χ0v) is 15.8. The van der Waals surface area contributed by atoms with Gasteiger partial charge in [-0.05, 0) is 30.8 Å². The normalized spacial score (nSPS) is 18.6. The number of carbonyl (C=O) groups is 2. The lowest BCUT2D eigenvalue weighted by Gasteiger charge is -2.29. The second kappa shape index (κ2) is 6.51. The zero-order valence-electron chi connectivity index (χ0n) is 14.2. The van der Waals surface area contributed by atoms with E-state index >= 15 is 0 Å². The molecule has 0 radical (unpaired) electrons. The van der Waals surface area contributed by atoms with Gasteiger partial charge >= 0.3 is 5.97 Å². The van der Waals surface area contributed by atoms with Crippen LogP contribution in [0, 0.1) is 0 Å². The minimum absolute atomic E-state index is 0.0613. The second-order valence-corrected chi connectivity index (χ2v) is 7.27. The van der Waals surface area contributed by atoms with Gasteiger partial charge in [0.25, 0.3) is 5.91 Å². The van der Waals surface area contributed by atoms with Crippen molar-refractivity contribution in [1.29, 1.82) is 0 Å². The molecule has 3 aliphatic heterocycles. The molecule has 26 heavy (non-hydrogen) atoms. The maximum absolute atomic E-state index is 12.5. The quantitative estimate of drug-likeness (QED) is 0.734. The van der Waals surface area contributed by atoms with Crippen LogP contribution in [-0.2, 0) is 14.3 Å². The lowest BCUT2D eigenvalue weighted by atomic mass is 10.1. The Morgan fingerprint density at radius 3 is 3.04 bits per heavy atom. The lowest BCUT2D eigenvalue weighted by molar-refractivity contribution is -0.137. The van der Waals surface area contributed by atoms with Crippen molar-refractivity contribution in [3.05, 3.63) is 27.6 Å². The van der Waals surface area contributed by atoms with E-state index in [4.69, 9.17) is 21.1 Å². The van der Waals surface area contributed by atoms with Crippen LogP contribution >= 0.6 is 23.4 Å². The van der Waals surface area contributed by atoms with Crippen molar-refractivity contribution in [3.8, 4) is 5.75 Å². The zero-order chi connectivity index (χ0) is 18.4. The average Bonchev–Trinajstić information content (AvgIpc) is 3.19. The number of fused-ring (bicyclic) bond motifs is 2. The van der Waals surface area contributed by atoms with Crippen molar-refractivity contribution in [2.24, 2.45) is 4.99 Å². The fourth-order valence-electron chi connectivity index (χ4n) is 3.11. The first-order chi connectivity index (χ1) is 12.5. The maximum Gasteiger partial charge on any atom is 0.347 e. The average molecular weight is 394 g/mol. The molecule has 0 saturated carbocycles. The molecule has 0 unspecified atom stereocenters. The van der Waals surface area contributed by atoms with E-state index in [1.165, 1.54) is 16.7 Å². The Morgan fingerprint density at radius 2 is 2.27 bits per heavy atom. The van der Waals surface area contributed by atoms with E-state index < -0.39 is 5.97 Å². The molecular formula is C17H16ClN3O4S. The van der Waals surface area contributed by atoms with Crippen LogP contribution < -0.4 is 9.64 Å². The molecule has 3 heterocycles. The molecule has 4 rings (SSSR count). The number of ether oxygens (including phenoxy) is 2. The molecule has 0 aromatic heterocycles. The summed E-state index contributed by atoms with van der Waals surface area (Å²) in [5, 5.41) is 1.21. The van der Waals surface area contributed by atoms with E-state index in [-0.39, 0.29) is 19.1 Å². The fraction of sp³-hybridized carbons (Fsp3) is 0.353. The van der Waals surface area contributed by atoms with E-state index in [1.54, 1.807) is 26.1 Å². The summed E-state index contributed by atoms with van der Waals surface area (Å²) in [6.45, 7) is 3.31. The van der Waals surface area contributed by atoms with Crippen LogP contribution in [0.2, 0.25) is 5.02 Å². The number of amidine groups is 1. The maximum atomic E-state index is 12.5. The summed E-state index contributed by atoms with van der Waals surface area (Å²) in [5.41, 5.74) is 1.91. The Kier molecular flexibility index (Phi) is 4.32. The molecule has 1 aromatic rings. The van der Waals surface area contributed by atoms with Gasteiger partial charge in [0.15, 0.2) is 17.5 Å². The van der Waals surface area contributed by atoms with Gasteiger partial charge in [-0.25, -0.2) is 4.79 Å². The Labute approximate surface area is 159 Å². The summed E-state index contributed by atoms with van der Waals surface area (Å²) in [6.07, 6.45) is 0. The number of anilines is 1. The predicted molar refractivity (Wildman–Crippen MR) is 101 cm³/mol.